The Hall–Kier alpha value is -1.29. The SMILES string of the molecule is CCCCCCCCC=CCCCCCCCCN(CCCCCCCCC=CCCCCCCCC)C(=O)OCCCN(C)C. The number of carbonyl (C=O) groups is 1. The van der Waals surface area contributed by atoms with E-state index in [1.807, 2.05) is 4.90 Å². The number of amides is 1. The minimum atomic E-state index is -0.0979. The van der Waals surface area contributed by atoms with Gasteiger partial charge >= 0.3 is 6.09 Å². The molecule has 0 atom stereocenters. The summed E-state index contributed by atoms with van der Waals surface area (Å²) in [5.41, 5.74) is 0. The summed E-state index contributed by atoms with van der Waals surface area (Å²) in [6.07, 6.45) is 47.1. The Balaban J connectivity index is 3.96. The number of hydrogen-bond acceptors (Lipinski definition) is 3. The first-order chi connectivity index (χ1) is 22.6. The third-order valence-electron chi connectivity index (χ3n) is 9.11. The quantitative estimate of drug-likeness (QED) is 0.0501. The van der Waals surface area contributed by atoms with E-state index in [-0.39, 0.29) is 6.09 Å². The molecule has 0 aromatic rings. The molecule has 4 nitrogen and oxygen atoms in total. The predicted octanol–water partition coefficient (Wildman–Crippen LogP) is 13.5. The zero-order valence-electron chi connectivity index (χ0n) is 31.9. The highest BCUT2D eigenvalue weighted by atomic mass is 16.6. The minimum absolute atomic E-state index is 0.0979. The lowest BCUT2D eigenvalue weighted by molar-refractivity contribution is 0.0976. The van der Waals surface area contributed by atoms with Crippen molar-refractivity contribution in [1.29, 1.82) is 0 Å². The van der Waals surface area contributed by atoms with Gasteiger partial charge in [-0.2, -0.15) is 0 Å². The van der Waals surface area contributed by atoms with Crippen LogP contribution in [0.1, 0.15) is 200 Å². The molecule has 0 bridgehead atoms. The lowest BCUT2D eigenvalue weighted by Gasteiger charge is -2.22. The summed E-state index contributed by atoms with van der Waals surface area (Å²) in [7, 11) is 4.13. The van der Waals surface area contributed by atoms with Gasteiger partial charge < -0.3 is 14.5 Å². The monoisotopic (exact) mass is 647 g/mol. The van der Waals surface area contributed by atoms with Gasteiger partial charge in [-0.15, -0.1) is 0 Å². The molecule has 1 amide bonds. The van der Waals surface area contributed by atoms with E-state index in [1.165, 1.54) is 167 Å². The number of rotatable bonds is 36. The molecular weight excluding hydrogens is 564 g/mol. The maximum absolute atomic E-state index is 12.8. The molecule has 0 aliphatic heterocycles. The summed E-state index contributed by atoms with van der Waals surface area (Å²) in [5, 5.41) is 0. The Bertz CT molecular complexity index is 618. The average Bonchev–Trinajstić information content (AvgIpc) is 3.05. The molecule has 4 heteroatoms. The van der Waals surface area contributed by atoms with Crippen molar-refractivity contribution >= 4 is 6.09 Å². The lowest BCUT2D eigenvalue weighted by atomic mass is 10.1. The van der Waals surface area contributed by atoms with Gasteiger partial charge in [-0.3, -0.25) is 0 Å². The van der Waals surface area contributed by atoms with Gasteiger partial charge in [-0.1, -0.05) is 154 Å². The van der Waals surface area contributed by atoms with E-state index in [0.29, 0.717) is 6.61 Å². The van der Waals surface area contributed by atoms with E-state index in [4.69, 9.17) is 4.74 Å². The number of allylic oxidation sites excluding steroid dienone is 4. The highest BCUT2D eigenvalue weighted by Crippen LogP contribution is 2.13. The molecular formula is C42H82N2O2. The molecule has 272 valence electrons. The van der Waals surface area contributed by atoms with Gasteiger partial charge in [-0.05, 0) is 84.7 Å². The van der Waals surface area contributed by atoms with E-state index in [2.05, 4.69) is 57.1 Å². The molecule has 0 heterocycles. The zero-order chi connectivity index (χ0) is 33.6. The highest BCUT2D eigenvalue weighted by molar-refractivity contribution is 5.67. The average molecular weight is 647 g/mol. The van der Waals surface area contributed by atoms with Gasteiger partial charge in [0, 0.05) is 19.6 Å². The van der Waals surface area contributed by atoms with Crippen LogP contribution >= 0.6 is 0 Å². The van der Waals surface area contributed by atoms with Crippen molar-refractivity contribution in [2.45, 2.75) is 200 Å². The molecule has 46 heavy (non-hydrogen) atoms. The number of nitrogens with zero attached hydrogens (tertiary/aromatic N) is 2. The van der Waals surface area contributed by atoms with Crippen LogP contribution in [0.3, 0.4) is 0 Å². The molecule has 0 aromatic heterocycles. The first-order valence-corrected chi connectivity index (χ1v) is 20.5. The fraction of sp³-hybridized carbons (Fsp3) is 0.881. The van der Waals surface area contributed by atoms with Crippen molar-refractivity contribution in [1.82, 2.24) is 9.80 Å². The van der Waals surface area contributed by atoms with Crippen LogP contribution in [0.25, 0.3) is 0 Å². The first kappa shape index (κ1) is 44.7. The second-order valence-electron chi connectivity index (χ2n) is 14.1. The Morgan fingerprint density at radius 3 is 1.11 bits per heavy atom. The number of hydrogen-bond donors (Lipinski definition) is 0. The topological polar surface area (TPSA) is 32.8 Å². The van der Waals surface area contributed by atoms with E-state index in [1.54, 1.807) is 0 Å². The Morgan fingerprint density at radius 1 is 0.435 bits per heavy atom. The molecule has 0 fully saturated rings. The van der Waals surface area contributed by atoms with Crippen LogP contribution in [0.2, 0.25) is 0 Å². The van der Waals surface area contributed by atoms with Crippen molar-refractivity contribution in [3.8, 4) is 0 Å². The summed E-state index contributed by atoms with van der Waals surface area (Å²) >= 11 is 0. The van der Waals surface area contributed by atoms with Crippen LogP contribution in [0.5, 0.6) is 0 Å². The van der Waals surface area contributed by atoms with Crippen LogP contribution in [0.4, 0.5) is 4.79 Å². The Morgan fingerprint density at radius 2 is 0.761 bits per heavy atom. The van der Waals surface area contributed by atoms with Gasteiger partial charge in [0.1, 0.15) is 0 Å². The van der Waals surface area contributed by atoms with Gasteiger partial charge in [0.2, 0.25) is 0 Å². The largest absolute Gasteiger partial charge is 0.449 e. The second kappa shape index (κ2) is 38.2. The van der Waals surface area contributed by atoms with Crippen LogP contribution in [-0.2, 0) is 4.74 Å². The first-order valence-electron chi connectivity index (χ1n) is 20.5. The summed E-state index contributed by atoms with van der Waals surface area (Å²) < 4.78 is 5.66. The molecule has 0 radical (unpaired) electrons. The molecule has 0 unspecified atom stereocenters. The van der Waals surface area contributed by atoms with Crippen LogP contribution in [-0.4, -0.2) is 56.2 Å². The van der Waals surface area contributed by atoms with E-state index in [0.717, 1.165) is 38.9 Å². The standard InChI is InChI=1S/C42H82N2O2/c1-5-7-9-11-13-15-17-19-21-23-25-27-29-31-33-35-39-44(42(45)46-41-37-38-43(3)4)40-36-34-32-30-28-26-24-22-20-18-16-14-12-10-8-6-2/h19-22H,5-18,23-41H2,1-4H3. The minimum Gasteiger partial charge on any atom is -0.449 e. The zero-order valence-corrected chi connectivity index (χ0v) is 31.9. The second-order valence-corrected chi connectivity index (χ2v) is 14.1. The third kappa shape index (κ3) is 35.6. The van der Waals surface area contributed by atoms with Crippen molar-refractivity contribution in [2.24, 2.45) is 0 Å². The molecule has 0 aliphatic rings. The van der Waals surface area contributed by atoms with E-state index >= 15 is 0 Å². The predicted molar refractivity (Wildman–Crippen MR) is 205 cm³/mol. The van der Waals surface area contributed by atoms with E-state index in [9.17, 15) is 4.79 Å². The molecule has 0 rings (SSSR count). The van der Waals surface area contributed by atoms with Crippen molar-refractivity contribution in [3.05, 3.63) is 24.3 Å². The van der Waals surface area contributed by atoms with Gasteiger partial charge in [0.05, 0.1) is 6.61 Å². The van der Waals surface area contributed by atoms with Crippen molar-refractivity contribution < 1.29 is 9.53 Å². The van der Waals surface area contributed by atoms with Crippen molar-refractivity contribution in [2.75, 3.05) is 40.3 Å². The molecule has 0 aromatic carbocycles. The van der Waals surface area contributed by atoms with Crippen molar-refractivity contribution in [3.63, 3.8) is 0 Å². The molecule has 0 spiro atoms. The van der Waals surface area contributed by atoms with Crippen LogP contribution < -0.4 is 0 Å². The van der Waals surface area contributed by atoms with Crippen LogP contribution in [0.15, 0.2) is 24.3 Å². The summed E-state index contributed by atoms with van der Waals surface area (Å²) in [4.78, 5) is 17.0. The van der Waals surface area contributed by atoms with Gasteiger partial charge in [0.15, 0.2) is 0 Å². The molecule has 0 saturated heterocycles. The number of ether oxygens (including phenoxy) is 1. The van der Waals surface area contributed by atoms with Gasteiger partial charge in [0.25, 0.3) is 0 Å². The number of unbranched alkanes of at least 4 members (excludes halogenated alkanes) is 24. The summed E-state index contributed by atoms with van der Waals surface area (Å²) in [6, 6.07) is 0. The number of carbonyl (C=O) groups excluding carboxylic acids is 1. The third-order valence-corrected chi connectivity index (χ3v) is 9.11. The summed E-state index contributed by atoms with van der Waals surface area (Å²) in [6.45, 7) is 7.74. The summed E-state index contributed by atoms with van der Waals surface area (Å²) in [5.74, 6) is 0. The fourth-order valence-corrected chi connectivity index (χ4v) is 6.03. The maximum Gasteiger partial charge on any atom is 0.409 e. The van der Waals surface area contributed by atoms with E-state index < -0.39 is 0 Å². The Labute approximate surface area is 289 Å². The molecule has 0 N–H and O–H groups in total. The van der Waals surface area contributed by atoms with Crippen LogP contribution in [0, 0.1) is 0 Å². The van der Waals surface area contributed by atoms with Gasteiger partial charge in [-0.25, -0.2) is 4.79 Å². The fourth-order valence-electron chi connectivity index (χ4n) is 6.03. The lowest BCUT2D eigenvalue weighted by Crippen LogP contribution is -2.34. The normalized spacial score (nSPS) is 11.8. The highest BCUT2D eigenvalue weighted by Gasteiger charge is 2.14. The molecule has 0 aliphatic carbocycles. The molecule has 0 saturated carbocycles. The Kier molecular flexibility index (Phi) is 37.1. The smallest absolute Gasteiger partial charge is 0.409 e. The maximum atomic E-state index is 12.8.